The van der Waals surface area contributed by atoms with Crippen LogP contribution >= 0.6 is 11.3 Å². The predicted octanol–water partition coefficient (Wildman–Crippen LogP) is 0.887. The van der Waals surface area contributed by atoms with E-state index in [0.717, 1.165) is 15.3 Å². The zero-order chi connectivity index (χ0) is 18.5. The van der Waals surface area contributed by atoms with Crippen LogP contribution in [-0.2, 0) is 11.3 Å². The molecule has 1 aliphatic heterocycles. The van der Waals surface area contributed by atoms with Crippen LogP contribution in [-0.4, -0.2) is 61.4 Å². The van der Waals surface area contributed by atoms with Crippen molar-refractivity contribution in [2.75, 3.05) is 39.8 Å². The Morgan fingerprint density at radius 3 is 2.35 bits per heavy atom. The van der Waals surface area contributed by atoms with Crippen LogP contribution in [0.3, 0.4) is 0 Å². The standard InChI is InChI=1S/C19H22FN3O2S/c1-21(13-15-4-6-16(20)7-5-15)14-18(24)22-8-10-23(11-9-22)19(25)17-3-2-12-26-17/h2-7,12H,8-11,13-14H2,1H3/p+1. The maximum atomic E-state index is 13.0. The molecule has 138 valence electrons. The number of carbonyl (C=O) groups excluding carboxylic acids is 2. The van der Waals surface area contributed by atoms with Crippen molar-refractivity contribution in [1.82, 2.24) is 9.80 Å². The average Bonchev–Trinajstić information content (AvgIpc) is 3.18. The van der Waals surface area contributed by atoms with Gasteiger partial charge in [-0.15, -0.1) is 11.3 Å². The van der Waals surface area contributed by atoms with Crippen molar-refractivity contribution < 1.29 is 18.9 Å². The van der Waals surface area contributed by atoms with Crippen molar-refractivity contribution in [3.05, 3.63) is 58.0 Å². The zero-order valence-corrected chi connectivity index (χ0v) is 15.6. The van der Waals surface area contributed by atoms with Crippen molar-refractivity contribution in [2.24, 2.45) is 0 Å². The van der Waals surface area contributed by atoms with Gasteiger partial charge >= 0.3 is 0 Å². The predicted molar refractivity (Wildman–Crippen MR) is 98.7 cm³/mol. The molecule has 1 saturated heterocycles. The number of hydrogen-bond donors (Lipinski definition) is 1. The topological polar surface area (TPSA) is 45.1 Å². The van der Waals surface area contributed by atoms with Crippen molar-refractivity contribution >= 4 is 23.2 Å². The van der Waals surface area contributed by atoms with Gasteiger partial charge in [0.05, 0.1) is 11.9 Å². The number of amides is 2. The molecule has 2 aromatic rings. The summed E-state index contributed by atoms with van der Waals surface area (Å²) >= 11 is 1.44. The van der Waals surface area contributed by atoms with Crippen molar-refractivity contribution in [2.45, 2.75) is 6.54 Å². The molecule has 1 aromatic heterocycles. The number of halogens is 1. The smallest absolute Gasteiger partial charge is 0.277 e. The van der Waals surface area contributed by atoms with Gasteiger partial charge in [0.2, 0.25) is 0 Å². The third kappa shape index (κ3) is 4.68. The first-order valence-corrected chi connectivity index (χ1v) is 9.57. The lowest BCUT2D eigenvalue weighted by Crippen LogP contribution is -3.09. The SMILES string of the molecule is C[NH+](CC(=O)N1CCN(C(=O)c2cccs2)CC1)Cc1ccc(F)cc1. The Hall–Kier alpha value is -2.25. The average molecular weight is 376 g/mol. The van der Waals surface area contributed by atoms with Crippen LogP contribution in [0.15, 0.2) is 41.8 Å². The molecule has 0 radical (unpaired) electrons. The van der Waals surface area contributed by atoms with E-state index in [1.165, 1.54) is 23.5 Å². The highest BCUT2D eigenvalue weighted by molar-refractivity contribution is 7.12. The van der Waals surface area contributed by atoms with Crippen LogP contribution in [0.5, 0.6) is 0 Å². The van der Waals surface area contributed by atoms with Crippen LogP contribution in [0.25, 0.3) is 0 Å². The number of thiophene rings is 1. The second-order valence-corrected chi connectivity index (χ2v) is 7.54. The fraction of sp³-hybridized carbons (Fsp3) is 0.368. The molecule has 0 bridgehead atoms. The Morgan fingerprint density at radius 2 is 1.73 bits per heavy atom. The van der Waals surface area contributed by atoms with Gasteiger partial charge in [0, 0.05) is 31.7 Å². The Balaban J connectivity index is 1.46. The Kier molecular flexibility index (Phi) is 6.00. The number of nitrogens with zero attached hydrogens (tertiary/aromatic N) is 2. The van der Waals surface area contributed by atoms with E-state index in [1.54, 1.807) is 12.1 Å². The number of benzene rings is 1. The van der Waals surface area contributed by atoms with Gasteiger partial charge in [0.15, 0.2) is 6.54 Å². The molecule has 2 amide bonds. The summed E-state index contributed by atoms with van der Waals surface area (Å²) in [6.07, 6.45) is 0. The monoisotopic (exact) mass is 376 g/mol. The van der Waals surface area contributed by atoms with Gasteiger partial charge in [0.1, 0.15) is 12.4 Å². The Labute approximate surface area is 156 Å². The van der Waals surface area contributed by atoms with Crippen LogP contribution in [0.1, 0.15) is 15.2 Å². The summed E-state index contributed by atoms with van der Waals surface area (Å²) in [6.45, 7) is 3.33. The number of hydrogen-bond acceptors (Lipinski definition) is 3. The van der Waals surface area contributed by atoms with Gasteiger partial charge in [-0.25, -0.2) is 4.39 Å². The van der Waals surface area contributed by atoms with Gasteiger partial charge in [0.25, 0.3) is 11.8 Å². The minimum atomic E-state index is -0.252. The van der Waals surface area contributed by atoms with Crippen LogP contribution in [0, 0.1) is 5.82 Å². The molecular formula is C19H23FN3O2S+. The Morgan fingerprint density at radius 1 is 1.08 bits per heavy atom. The first-order chi connectivity index (χ1) is 12.5. The van der Waals surface area contributed by atoms with E-state index in [9.17, 15) is 14.0 Å². The molecule has 0 aliphatic carbocycles. The summed E-state index contributed by atoms with van der Waals surface area (Å²) in [7, 11) is 1.96. The molecular weight excluding hydrogens is 353 g/mol. The van der Waals surface area contributed by atoms with Gasteiger partial charge in [-0.2, -0.15) is 0 Å². The molecule has 5 nitrogen and oxygen atoms in total. The zero-order valence-electron chi connectivity index (χ0n) is 14.8. The van der Waals surface area contributed by atoms with Crippen molar-refractivity contribution in [3.63, 3.8) is 0 Å². The van der Waals surface area contributed by atoms with Gasteiger partial charge in [-0.1, -0.05) is 18.2 Å². The molecule has 0 saturated carbocycles. The number of quaternary nitrogens is 1. The van der Waals surface area contributed by atoms with Crippen LogP contribution in [0.4, 0.5) is 4.39 Å². The molecule has 7 heteroatoms. The van der Waals surface area contributed by atoms with Crippen LogP contribution < -0.4 is 4.90 Å². The third-order valence-electron chi connectivity index (χ3n) is 4.52. The highest BCUT2D eigenvalue weighted by Crippen LogP contribution is 2.13. The summed E-state index contributed by atoms with van der Waals surface area (Å²) in [6, 6.07) is 10.1. The van der Waals surface area contributed by atoms with E-state index in [0.29, 0.717) is 39.3 Å². The molecule has 1 aromatic carbocycles. The Bertz CT molecular complexity index is 741. The van der Waals surface area contributed by atoms with E-state index >= 15 is 0 Å². The lowest BCUT2D eigenvalue weighted by Gasteiger charge is -2.34. The first kappa shape index (κ1) is 18.5. The number of carbonyl (C=O) groups is 2. The molecule has 1 N–H and O–H groups in total. The number of piperazine rings is 1. The minimum Gasteiger partial charge on any atom is -0.334 e. The normalized spacial score (nSPS) is 15.8. The summed E-state index contributed by atoms with van der Waals surface area (Å²) < 4.78 is 13.0. The van der Waals surface area contributed by atoms with Crippen LogP contribution in [0.2, 0.25) is 0 Å². The largest absolute Gasteiger partial charge is 0.334 e. The first-order valence-electron chi connectivity index (χ1n) is 8.69. The van der Waals surface area contributed by atoms with E-state index in [2.05, 4.69) is 0 Å². The lowest BCUT2D eigenvalue weighted by molar-refractivity contribution is -0.885. The lowest BCUT2D eigenvalue weighted by atomic mass is 10.2. The van der Waals surface area contributed by atoms with Crippen molar-refractivity contribution in [3.8, 4) is 0 Å². The maximum absolute atomic E-state index is 13.0. The highest BCUT2D eigenvalue weighted by Gasteiger charge is 2.26. The van der Waals surface area contributed by atoms with E-state index in [-0.39, 0.29) is 17.6 Å². The molecule has 1 fully saturated rings. The number of rotatable bonds is 5. The molecule has 1 unspecified atom stereocenters. The molecule has 1 atom stereocenters. The third-order valence-corrected chi connectivity index (χ3v) is 5.38. The molecule has 1 aliphatic rings. The maximum Gasteiger partial charge on any atom is 0.277 e. The molecule has 26 heavy (non-hydrogen) atoms. The second kappa shape index (κ2) is 8.42. The minimum absolute atomic E-state index is 0.0474. The van der Waals surface area contributed by atoms with Gasteiger partial charge in [-0.3, -0.25) is 9.59 Å². The summed E-state index contributed by atoms with van der Waals surface area (Å²) in [5.41, 5.74) is 1.00. The van der Waals surface area contributed by atoms with Gasteiger partial charge < -0.3 is 14.7 Å². The van der Waals surface area contributed by atoms with E-state index in [4.69, 9.17) is 0 Å². The summed E-state index contributed by atoms with van der Waals surface area (Å²) in [4.78, 5) is 30.3. The summed E-state index contributed by atoms with van der Waals surface area (Å²) in [5, 5.41) is 1.90. The molecule has 0 spiro atoms. The summed E-state index contributed by atoms with van der Waals surface area (Å²) in [5.74, 6) is -0.114. The fourth-order valence-corrected chi connectivity index (χ4v) is 3.79. The van der Waals surface area contributed by atoms with E-state index < -0.39 is 0 Å². The quantitative estimate of drug-likeness (QED) is 0.842. The van der Waals surface area contributed by atoms with Gasteiger partial charge in [-0.05, 0) is 23.6 Å². The number of nitrogens with one attached hydrogen (secondary N) is 1. The van der Waals surface area contributed by atoms with Crippen molar-refractivity contribution in [1.29, 1.82) is 0 Å². The number of likely N-dealkylation sites (N-methyl/N-ethyl adjacent to an activating group) is 1. The highest BCUT2D eigenvalue weighted by atomic mass is 32.1. The molecule has 2 heterocycles. The fourth-order valence-electron chi connectivity index (χ4n) is 3.10. The van der Waals surface area contributed by atoms with E-state index in [1.807, 2.05) is 34.4 Å². The second-order valence-electron chi connectivity index (χ2n) is 6.59. The molecule has 3 rings (SSSR count).